The lowest BCUT2D eigenvalue weighted by atomic mass is 9.98. The number of unbranched alkanes of at least 4 members (excludes halogenated alkanes) is 2. The highest BCUT2D eigenvalue weighted by atomic mass is 16.4. The summed E-state index contributed by atoms with van der Waals surface area (Å²) >= 11 is 0. The number of nitrogens with two attached hydrogens (primary N) is 6. The highest BCUT2D eigenvalue weighted by Gasteiger charge is 2.37. The van der Waals surface area contributed by atoms with Crippen LogP contribution in [0, 0.1) is 17.8 Å². The number of carboxylic acids is 4. The number of nitrogens with one attached hydrogen (secondary N) is 9. The number of carbonyl (C=O) groups excluding carboxylic acids is 10. The van der Waals surface area contributed by atoms with Gasteiger partial charge in [0.2, 0.25) is 59.1 Å². The molecule has 10 atom stereocenters. The van der Waals surface area contributed by atoms with Crippen molar-refractivity contribution >= 4 is 88.9 Å². The van der Waals surface area contributed by atoms with E-state index < -0.39 is 194 Å². The second-order valence-electron chi connectivity index (χ2n) is 22.3. The van der Waals surface area contributed by atoms with E-state index in [4.69, 9.17) is 39.5 Å². The molecule has 0 rings (SSSR count). The van der Waals surface area contributed by atoms with Crippen LogP contribution in [0.15, 0.2) is 4.99 Å². The first-order valence-corrected chi connectivity index (χ1v) is 29.3. The summed E-state index contributed by atoms with van der Waals surface area (Å²) in [5.74, 6) is -16.9. The molecular formula is C54H96N16O18. The maximum Gasteiger partial charge on any atom is 0.326 e. The van der Waals surface area contributed by atoms with E-state index >= 15 is 0 Å². The zero-order valence-corrected chi connectivity index (χ0v) is 51.1. The fourth-order valence-corrected chi connectivity index (χ4v) is 8.49. The molecule has 0 radical (unpaired) electrons. The van der Waals surface area contributed by atoms with Gasteiger partial charge in [0.15, 0.2) is 5.96 Å². The SMILES string of the molecule is CC(C)C[C@H](NC(=O)[C@H](CCC(=O)O)NC(=O)[C@@H](N)CCC(=O)O)C(=O)N[C@H](C(=O)N[C@@H](CCCCN)C(=O)N[C@H](C(=O)N[C@@H](CCCN=C(N)N)C(=O)N[C@@H](CCC(=O)O)C(=O)N[C@@H](CCCCN)C(=O)N[C@@H](CCC(N)=O)C(=O)O)C(C)C)C(C)C. The number of carboxylic acid groups (broad SMARTS) is 4. The predicted molar refractivity (Wildman–Crippen MR) is 317 cm³/mol. The molecule has 0 bridgehead atoms. The van der Waals surface area contributed by atoms with Gasteiger partial charge in [-0.05, 0) is 114 Å². The summed E-state index contributed by atoms with van der Waals surface area (Å²) < 4.78 is 0. The van der Waals surface area contributed by atoms with Crippen molar-refractivity contribution in [3.8, 4) is 0 Å². The van der Waals surface area contributed by atoms with E-state index in [1.54, 1.807) is 41.5 Å². The van der Waals surface area contributed by atoms with Crippen molar-refractivity contribution in [3.05, 3.63) is 0 Å². The minimum atomic E-state index is -1.69. The van der Waals surface area contributed by atoms with Crippen LogP contribution in [0.2, 0.25) is 0 Å². The zero-order valence-electron chi connectivity index (χ0n) is 51.1. The average Bonchev–Trinajstić information content (AvgIpc) is 3.16. The number of hydrogen-bond donors (Lipinski definition) is 19. The number of guanidine groups is 1. The monoisotopic (exact) mass is 1260 g/mol. The van der Waals surface area contributed by atoms with Crippen molar-refractivity contribution in [1.29, 1.82) is 0 Å². The number of aliphatic carboxylic acids is 4. The molecule has 34 heteroatoms. The van der Waals surface area contributed by atoms with Gasteiger partial charge in [-0.1, -0.05) is 41.5 Å². The summed E-state index contributed by atoms with van der Waals surface area (Å²) in [6.07, 6.45) is -2.99. The van der Waals surface area contributed by atoms with Gasteiger partial charge in [-0.3, -0.25) is 67.3 Å². The molecule has 0 aromatic carbocycles. The Bertz CT molecular complexity index is 2390. The summed E-state index contributed by atoms with van der Waals surface area (Å²) in [7, 11) is 0. The Morgan fingerprint density at radius 1 is 0.375 bits per heavy atom. The van der Waals surface area contributed by atoms with Crippen LogP contribution in [0.25, 0.3) is 0 Å². The van der Waals surface area contributed by atoms with Crippen molar-refractivity contribution < 1.29 is 87.5 Å². The summed E-state index contributed by atoms with van der Waals surface area (Å²) in [5, 5.41) is 60.2. The molecule has 0 unspecified atom stereocenters. The number of carbonyl (C=O) groups is 14. The van der Waals surface area contributed by atoms with E-state index in [0.29, 0.717) is 12.8 Å². The second kappa shape index (κ2) is 42.6. The van der Waals surface area contributed by atoms with E-state index in [-0.39, 0.29) is 89.3 Å². The van der Waals surface area contributed by atoms with Crippen LogP contribution >= 0.6 is 0 Å². The Morgan fingerprint density at radius 2 is 0.693 bits per heavy atom. The number of aliphatic imine (C=N–C) groups is 1. The van der Waals surface area contributed by atoms with Gasteiger partial charge < -0.3 is 103 Å². The molecule has 0 aromatic heterocycles. The van der Waals surface area contributed by atoms with Gasteiger partial charge in [-0.2, -0.15) is 0 Å². The van der Waals surface area contributed by atoms with Crippen molar-refractivity contribution in [1.82, 2.24) is 47.9 Å². The van der Waals surface area contributed by atoms with Crippen LogP contribution in [0.5, 0.6) is 0 Å². The molecule has 500 valence electrons. The van der Waals surface area contributed by atoms with Gasteiger partial charge >= 0.3 is 23.9 Å². The first kappa shape index (κ1) is 79.7. The van der Waals surface area contributed by atoms with E-state index in [1.807, 2.05) is 0 Å². The standard InChI is InChI=1S/C54H96N16O18/c1-27(2)26-37(68-48(82)34(17-21-40(74)75)62-44(78)30(57)15-20-39(72)73)50(84)70-43(29(5)6)52(86)65-32(13-8-10-24-56)49(83)69-42(28(3)4)51(85)66-33(14-11-25-61-54(59)60)45(79)64-35(18-22-41(76)77)47(81)63-31(12-7-9-23-55)46(80)67-36(53(87)88)16-19-38(58)71/h27-37,42-43H,7-26,55-57H2,1-6H3,(H2,58,71)(H,62,78)(H,63,81)(H,64,79)(H,65,86)(H,66,85)(H,67,80)(H,68,82)(H,69,83)(H,70,84)(H,72,73)(H,74,75)(H,76,77)(H,87,88)(H4,59,60,61)/t30-,31-,32-,33-,34-,35-,36-,37-,42-,43-/m0/s1. The minimum Gasteiger partial charge on any atom is -0.481 e. The van der Waals surface area contributed by atoms with E-state index in [9.17, 15) is 82.4 Å². The lowest BCUT2D eigenvalue weighted by Gasteiger charge is -2.30. The van der Waals surface area contributed by atoms with Crippen LogP contribution in [0.3, 0.4) is 0 Å². The molecule has 88 heavy (non-hydrogen) atoms. The van der Waals surface area contributed by atoms with Gasteiger partial charge in [-0.15, -0.1) is 0 Å². The second-order valence-corrected chi connectivity index (χ2v) is 22.3. The van der Waals surface area contributed by atoms with Crippen molar-refractivity contribution in [3.63, 3.8) is 0 Å². The van der Waals surface area contributed by atoms with E-state index in [2.05, 4.69) is 52.8 Å². The maximum atomic E-state index is 14.4. The molecule has 0 aliphatic heterocycles. The lowest BCUT2D eigenvalue weighted by Crippen LogP contribution is -2.61. The Balaban J connectivity index is 7.00. The molecule has 34 nitrogen and oxygen atoms in total. The normalized spacial score (nSPS) is 14.5. The number of amides is 10. The minimum absolute atomic E-state index is 0.0243. The van der Waals surface area contributed by atoms with Crippen LogP contribution in [-0.2, 0) is 67.1 Å². The zero-order chi connectivity index (χ0) is 67.4. The Labute approximate surface area is 510 Å². The first-order valence-electron chi connectivity index (χ1n) is 29.3. The molecular weight excluding hydrogens is 1160 g/mol. The summed E-state index contributed by atoms with van der Waals surface area (Å²) in [6, 6.07) is -14.8. The maximum absolute atomic E-state index is 14.4. The Kier molecular flexibility index (Phi) is 38.6. The van der Waals surface area contributed by atoms with E-state index in [0.717, 1.165) is 0 Å². The molecule has 0 aromatic rings. The third-order valence-electron chi connectivity index (χ3n) is 13.4. The van der Waals surface area contributed by atoms with Crippen LogP contribution in [-0.4, -0.2) is 189 Å². The lowest BCUT2D eigenvalue weighted by molar-refractivity contribution is -0.143. The van der Waals surface area contributed by atoms with Crippen molar-refractivity contribution in [2.24, 2.45) is 57.1 Å². The third kappa shape index (κ3) is 33.6. The molecule has 10 amide bonds. The molecule has 0 aliphatic rings. The Morgan fingerprint density at radius 3 is 1.05 bits per heavy atom. The molecule has 0 aliphatic carbocycles. The number of primary amides is 1. The number of nitrogens with zero attached hydrogens (tertiary/aromatic N) is 1. The fraction of sp³-hybridized carbons (Fsp3) is 0.722. The van der Waals surface area contributed by atoms with Gasteiger partial charge in [0, 0.05) is 32.2 Å². The Hall–Kier alpha value is -8.27. The summed E-state index contributed by atoms with van der Waals surface area (Å²) in [4.78, 5) is 187. The van der Waals surface area contributed by atoms with E-state index in [1.165, 1.54) is 0 Å². The average molecular weight is 1260 g/mol. The van der Waals surface area contributed by atoms with Crippen LogP contribution < -0.4 is 82.3 Å². The molecule has 0 heterocycles. The van der Waals surface area contributed by atoms with Gasteiger partial charge in [0.05, 0.1) is 6.04 Å². The summed E-state index contributed by atoms with van der Waals surface area (Å²) in [5.41, 5.74) is 33.4. The number of rotatable bonds is 47. The van der Waals surface area contributed by atoms with Crippen LogP contribution in [0.1, 0.15) is 151 Å². The molecule has 0 saturated heterocycles. The fourth-order valence-electron chi connectivity index (χ4n) is 8.49. The largest absolute Gasteiger partial charge is 0.481 e. The van der Waals surface area contributed by atoms with Gasteiger partial charge in [0.25, 0.3) is 0 Å². The third-order valence-corrected chi connectivity index (χ3v) is 13.4. The molecule has 0 fully saturated rings. The number of hydrogen-bond acceptors (Lipinski definition) is 18. The van der Waals surface area contributed by atoms with Crippen LogP contribution in [0.4, 0.5) is 0 Å². The smallest absolute Gasteiger partial charge is 0.326 e. The van der Waals surface area contributed by atoms with Crippen molar-refractivity contribution in [2.45, 2.75) is 211 Å². The van der Waals surface area contributed by atoms with Gasteiger partial charge in [-0.25, -0.2) is 4.79 Å². The quantitative estimate of drug-likeness (QED) is 0.0155. The topological polar surface area (TPSA) is 597 Å². The van der Waals surface area contributed by atoms with Crippen molar-refractivity contribution in [2.75, 3.05) is 19.6 Å². The van der Waals surface area contributed by atoms with Gasteiger partial charge in [0.1, 0.15) is 54.4 Å². The first-order chi connectivity index (χ1) is 41.1. The molecule has 0 saturated carbocycles. The predicted octanol–water partition coefficient (Wildman–Crippen LogP) is -4.71. The summed E-state index contributed by atoms with van der Waals surface area (Å²) in [6.45, 7) is 10.0. The molecule has 25 N–H and O–H groups in total. The highest BCUT2D eigenvalue weighted by molar-refractivity contribution is 5.99. The molecule has 0 spiro atoms. The highest BCUT2D eigenvalue weighted by Crippen LogP contribution is 2.14.